The Morgan fingerprint density at radius 3 is 2.39 bits per heavy atom. The van der Waals surface area contributed by atoms with E-state index in [4.69, 9.17) is 4.52 Å². The molecule has 0 fully saturated rings. The van der Waals surface area contributed by atoms with Crippen molar-refractivity contribution in [3.05, 3.63) is 60.0 Å². The molecule has 0 spiro atoms. The van der Waals surface area contributed by atoms with E-state index >= 15 is 0 Å². The monoisotopic (exact) mass is 387 g/mol. The summed E-state index contributed by atoms with van der Waals surface area (Å²) in [5.41, 5.74) is 0.964. The van der Waals surface area contributed by atoms with Gasteiger partial charge in [-0.05, 0) is 36.4 Å². The number of nitrogens with one attached hydrogen (secondary N) is 1. The maximum absolute atomic E-state index is 12.5. The highest BCUT2D eigenvalue weighted by Crippen LogP contribution is 2.25. The minimum atomic E-state index is -3.01. The predicted molar refractivity (Wildman–Crippen MR) is 99.5 cm³/mol. The summed E-state index contributed by atoms with van der Waals surface area (Å²) in [6.07, 6.45) is 0. The van der Waals surface area contributed by atoms with Gasteiger partial charge in [0, 0.05) is 16.7 Å². The van der Waals surface area contributed by atoms with Gasteiger partial charge in [-0.2, -0.15) is 13.8 Å². The number of rotatable bonds is 5. The second-order valence-electron chi connectivity index (χ2n) is 7.08. The third-order valence-electron chi connectivity index (χ3n) is 3.82. The lowest BCUT2D eigenvalue weighted by molar-refractivity contribution is -0.0501. The molecule has 1 N–H and O–H groups in total. The van der Waals surface area contributed by atoms with Gasteiger partial charge in [-0.3, -0.25) is 4.79 Å². The number of hydrogen-bond acceptors (Lipinski definition) is 5. The van der Waals surface area contributed by atoms with Crippen molar-refractivity contribution < 1.29 is 22.8 Å². The molecule has 0 radical (unpaired) electrons. The summed E-state index contributed by atoms with van der Waals surface area (Å²) in [5.74, 6) is 0.223. The minimum Gasteiger partial charge on any atom is -0.434 e. The van der Waals surface area contributed by atoms with Crippen LogP contribution in [0.15, 0.2) is 53.1 Å². The Hall–Kier alpha value is -3.29. The van der Waals surface area contributed by atoms with Crippen molar-refractivity contribution in [2.24, 2.45) is 0 Å². The van der Waals surface area contributed by atoms with Crippen LogP contribution in [-0.4, -0.2) is 22.7 Å². The number of benzene rings is 2. The number of alkyl halides is 2. The molecule has 1 aromatic heterocycles. The van der Waals surface area contributed by atoms with Gasteiger partial charge in [0.05, 0.1) is 5.56 Å². The molecule has 8 heteroatoms. The second kappa shape index (κ2) is 7.75. The Kier molecular flexibility index (Phi) is 5.39. The number of hydrogen-bond donors (Lipinski definition) is 1. The highest BCUT2D eigenvalue weighted by atomic mass is 19.3. The molecule has 3 rings (SSSR count). The lowest BCUT2D eigenvalue weighted by Gasteiger charge is -2.11. The van der Waals surface area contributed by atoms with Gasteiger partial charge in [0.2, 0.25) is 11.7 Å². The zero-order valence-electron chi connectivity index (χ0n) is 15.6. The maximum Gasteiger partial charge on any atom is 0.387 e. The van der Waals surface area contributed by atoms with Crippen LogP contribution in [0.1, 0.15) is 37.0 Å². The first-order valence-electron chi connectivity index (χ1n) is 8.54. The Morgan fingerprint density at radius 1 is 1.11 bits per heavy atom. The van der Waals surface area contributed by atoms with Crippen LogP contribution in [0, 0.1) is 0 Å². The van der Waals surface area contributed by atoms with E-state index in [2.05, 4.69) is 20.2 Å². The summed E-state index contributed by atoms with van der Waals surface area (Å²) >= 11 is 0. The Morgan fingerprint density at radius 2 is 1.79 bits per heavy atom. The highest BCUT2D eigenvalue weighted by Gasteiger charge is 2.22. The largest absolute Gasteiger partial charge is 0.434 e. The van der Waals surface area contributed by atoms with Crippen molar-refractivity contribution in [3.8, 4) is 17.1 Å². The average Bonchev–Trinajstić information content (AvgIpc) is 3.13. The number of anilines is 1. The van der Waals surface area contributed by atoms with Gasteiger partial charge in [-0.1, -0.05) is 38.1 Å². The minimum absolute atomic E-state index is 0.0138. The first-order valence-corrected chi connectivity index (χ1v) is 8.54. The Labute approximate surface area is 160 Å². The fourth-order valence-electron chi connectivity index (χ4n) is 2.40. The van der Waals surface area contributed by atoms with Gasteiger partial charge in [0.1, 0.15) is 5.75 Å². The summed E-state index contributed by atoms with van der Waals surface area (Å²) < 4.78 is 34.7. The van der Waals surface area contributed by atoms with Gasteiger partial charge in [0.25, 0.3) is 5.91 Å². The zero-order valence-corrected chi connectivity index (χ0v) is 15.6. The number of carbonyl (C=O) groups excluding carboxylic acids is 1. The summed E-state index contributed by atoms with van der Waals surface area (Å²) in [6.45, 7) is 2.90. The Bertz CT molecular complexity index is 963. The summed E-state index contributed by atoms with van der Waals surface area (Å²) in [5, 5.41) is 6.62. The SMILES string of the molecule is CC(C)(C)c1nc(-c2ccc(NC(=O)c3ccccc3OC(F)F)cc2)no1. The number of aromatic nitrogens is 2. The van der Waals surface area contributed by atoms with E-state index in [-0.39, 0.29) is 16.7 Å². The number of ether oxygens (including phenoxy) is 1. The topological polar surface area (TPSA) is 77.2 Å². The molecule has 146 valence electrons. The number of para-hydroxylation sites is 1. The molecule has 1 amide bonds. The first kappa shape index (κ1) is 19.5. The summed E-state index contributed by atoms with van der Waals surface area (Å²) in [4.78, 5) is 16.8. The normalized spacial score (nSPS) is 11.5. The van der Waals surface area contributed by atoms with Crippen molar-refractivity contribution in [2.75, 3.05) is 5.32 Å². The van der Waals surface area contributed by atoms with Crippen LogP contribution in [0.4, 0.5) is 14.5 Å². The van der Waals surface area contributed by atoms with Gasteiger partial charge in [0.15, 0.2) is 0 Å². The van der Waals surface area contributed by atoms with Crippen molar-refractivity contribution in [3.63, 3.8) is 0 Å². The lowest BCUT2D eigenvalue weighted by Crippen LogP contribution is -2.14. The van der Waals surface area contributed by atoms with Crippen LogP contribution in [0.3, 0.4) is 0 Å². The molecule has 6 nitrogen and oxygen atoms in total. The average molecular weight is 387 g/mol. The molecular weight excluding hydrogens is 368 g/mol. The van der Waals surface area contributed by atoms with E-state index in [1.165, 1.54) is 18.2 Å². The summed E-state index contributed by atoms with van der Waals surface area (Å²) in [7, 11) is 0. The number of nitrogens with zero attached hydrogens (tertiary/aromatic N) is 2. The molecule has 0 aliphatic heterocycles. The van der Waals surface area contributed by atoms with E-state index in [1.807, 2.05) is 20.8 Å². The van der Waals surface area contributed by atoms with Crippen molar-refractivity contribution >= 4 is 11.6 Å². The number of amides is 1. The van der Waals surface area contributed by atoms with Crippen molar-refractivity contribution in [2.45, 2.75) is 32.8 Å². The number of halogens is 2. The molecule has 0 aliphatic rings. The molecule has 0 saturated carbocycles. The number of carbonyl (C=O) groups is 1. The van der Waals surface area contributed by atoms with Crippen LogP contribution in [-0.2, 0) is 5.41 Å². The van der Waals surface area contributed by atoms with E-state index in [0.29, 0.717) is 17.4 Å². The second-order valence-corrected chi connectivity index (χ2v) is 7.08. The molecule has 0 unspecified atom stereocenters. The van der Waals surface area contributed by atoms with E-state index in [1.54, 1.807) is 30.3 Å². The molecule has 0 bridgehead atoms. The molecule has 3 aromatic rings. The smallest absolute Gasteiger partial charge is 0.387 e. The fourth-order valence-corrected chi connectivity index (χ4v) is 2.40. The van der Waals surface area contributed by atoms with Gasteiger partial charge in [-0.15, -0.1) is 0 Å². The maximum atomic E-state index is 12.5. The predicted octanol–water partition coefficient (Wildman–Crippen LogP) is 4.89. The molecule has 0 saturated heterocycles. The zero-order chi connectivity index (χ0) is 20.3. The van der Waals surface area contributed by atoms with Gasteiger partial charge >= 0.3 is 6.61 Å². The van der Waals surface area contributed by atoms with Crippen molar-refractivity contribution in [1.29, 1.82) is 0 Å². The van der Waals surface area contributed by atoms with Crippen LogP contribution >= 0.6 is 0 Å². The third-order valence-corrected chi connectivity index (χ3v) is 3.82. The lowest BCUT2D eigenvalue weighted by atomic mass is 9.97. The van der Waals surface area contributed by atoms with Crippen LogP contribution in [0.25, 0.3) is 11.4 Å². The quantitative estimate of drug-likeness (QED) is 0.675. The Balaban J connectivity index is 1.74. The molecule has 0 aliphatic carbocycles. The standard InChI is InChI=1S/C20H19F2N3O3/c1-20(2,3)18-24-16(25-28-18)12-8-10-13(11-9-12)23-17(26)14-6-4-5-7-15(14)27-19(21)22/h4-11,19H,1-3H3,(H,23,26). The molecular formula is C20H19F2N3O3. The van der Waals surface area contributed by atoms with Crippen LogP contribution in [0.2, 0.25) is 0 Å². The van der Waals surface area contributed by atoms with E-state index in [0.717, 1.165) is 5.56 Å². The first-order chi connectivity index (χ1) is 13.2. The van der Waals surface area contributed by atoms with Crippen LogP contribution < -0.4 is 10.1 Å². The molecule has 2 aromatic carbocycles. The van der Waals surface area contributed by atoms with E-state index in [9.17, 15) is 13.6 Å². The fraction of sp³-hybridized carbons (Fsp3) is 0.250. The summed E-state index contributed by atoms with van der Waals surface area (Å²) in [6, 6.07) is 12.6. The van der Waals surface area contributed by atoms with Gasteiger partial charge < -0.3 is 14.6 Å². The molecule has 1 heterocycles. The molecule has 0 atom stereocenters. The van der Waals surface area contributed by atoms with Crippen molar-refractivity contribution in [1.82, 2.24) is 10.1 Å². The third kappa shape index (κ3) is 4.51. The van der Waals surface area contributed by atoms with Gasteiger partial charge in [-0.25, -0.2) is 0 Å². The highest BCUT2D eigenvalue weighted by molar-refractivity contribution is 6.06. The van der Waals surface area contributed by atoms with E-state index < -0.39 is 12.5 Å². The van der Waals surface area contributed by atoms with Crippen LogP contribution in [0.5, 0.6) is 5.75 Å². The molecule has 28 heavy (non-hydrogen) atoms.